The molecule has 1 aliphatic rings. The van der Waals surface area contributed by atoms with E-state index in [2.05, 4.69) is 77.0 Å². The molecule has 0 aliphatic carbocycles. The van der Waals surface area contributed by atoms with E-state index in [1.165, 1.54) is 11.1 Å². The molecule has 0 fully saturated rings. The van der Waals surface area contributed by atoms with Crippen LogP contribution in [0.3, 0.4) is 0 Å². The molecule has 1 N–H and O–H groups in total. The standard InChI is InChI=1S/C33H27IN2O2/c1-21-12-16-23(17-13-21)28-29-26-10-6-7-11-27(26)35-31(29)33(37)36(20-22-14-18-25(38-2)19-15-22)32(30(28)34)24-8-4-3-5-9-24/h3-19,28,35H,20H2,1-2H3. The van der Waals surface area contributed by atoms with Gasteiger partial charge in [-0.3, -0.25) is 4.79 Å². The zero-order chi connectivity index (χ0) is 26.2. The Bertz CT molecular complexity index is 1650. The van der Waals surface area contributed by atoms with Crippen molar-refractivity contribution < 1.29 is 9.53 Å². The van der Waals surface area contributed by atoms with Gasteiger partial charge in [0, 0.05) is 26.0 Å². The van der Waals surface area contributed by atoms with E-state index in [9.17, 15) is 4.79 Å². The molecule has 0 saturated heterocycles. The number of hydrogen-bond donors (Lipinski definition) is 1. The van der Waals surface area contributed by atoms with Crippen LogP contribution in [0.25, 0.3) is 16.6 Å². The lowest BCUT2D eigenvalue weighted by Gasteiger charge is -2.27. The van der Waals surface area contributed by atoms with E-state index >= 15 is 0 Å². The van der Waals surface area contributed by atoms with Gasteiger partial charge in [0.2, 0.25) is 0 Å². The SMILES string of the molecule is COc1ccc(CN2C(=O)c3[nH]c4ccccc4c3C(c3ccc(C)cc3)C(I)=C2c2ccccc2)cc1. The molecular weight excluding hydrogens is 583 g/mol. The minimum atomic E-state index is -0.0950. The molecule has 1 aliphatic heterocycles. The number of carbonyl (C=O) groups is 1. The van der Waals surface area contributed by atoms with Gasteiger partial charge in [-0.1, -0.05) is 90.5 Å². The molecular formula is C33H27IN2O2. The summed E-state index contributed by atoms with van der Waals surface area (Å²) in [5, 5.41) is 1.08. The van der Waals surface area contributed by atoms with Crippen molar-refractivity contribution in [1.82, 2.24) is 9.88 Å². The number of fused-ring (bicyclic) bond motifs is 3. The highest BCUT2D eigenvalue weighted by Crippen LogP contribution is 2.48. The number of amides is 1. The molecule has 188 valence electrons. The smallest absolute Gasteiger partial charge is 0.275 e. The number of aryl methyl sites for hydroxylation is 1. The maximum atomic E-state index is 14.5. The summed E-state index contributed by atoms with van der Waals surface area (Å²) >= 11 is 2.48. The van der Waals surface area contributed by atoms with Crippen molar-refractivity contribution >= 4 is 45.1 Å². The minimum Gasteiger partial charge on any atom is -0.497 e. The van der Waals surface area contributed by atoms with E-state index in [0.717, 1.165) is 42.6 Å². The Kier molecular flexibility index (Phi) is 6.54. The molecule has 6 rings (SSSR count). The third-order valence-corrected chi connectivity index (χ3v) is 8.33. The molecule has 4 nitrogen and oxygen atoms in total. The molecule has 5 heteroatoms. The monoisotopic (exact) mass is 610 g/mol. The number of H-pyrrole nitrogens is 1. The third kappa shape index (κ3) is 4.31. The molecule has 2 heterocycles. The predicted octanol–water partition coefficient (Wildman–Crippen LogP) is 8.08. The fourth-order valence-electron chi connectivity index (χ4n) is 5.29. The summed E-state index contributed by atoms with van der Waals surface area (Å²) < 4.78 is 6.48. The number of benzene rings is 4. The van der Waals surface area contributed by atoms with Crippen LogP contribution in [0.2, 0.25) is 0 Å². The normalized spacial score (nSPS) is 15.5. The maximum Gasteiger partial charge on any atom is 0.275 e. The van der Waals surface area contributed by atoms with Crippen LogP contribution in [-0.4, -0.2) is 22.9 Å². The number of para-hydroxylation sites is 1. The number of nitrogens with one attached hydrogen (secondary N) is 1. The quantitative estimate of drug-likeness (QED) is 0.205. The topological polar surface area (TPSA) is 45.3 Å². The van der Waals surface area contributed by atoms with Crippen LogP contribution in [0.4, 0.5) is 0 Å². The largest absolute Gasteiger partial charge is 0.497 e. The molecule has 0 saturated carbocycles. The molecule has 5 aromatic rings. The van der Waals surface area contributed by atoms with E-state index in [1.54, 1.807) is 7.11 Å². The van der Waals surface area contributed by atoms with Crippen LogP contribution in [0.1, 0.15) is 44.2 Å². The van der Waals surface area contributed by atoms with Crippen molar-refractivity contribution in [2.45, 2.75) is 19.4 Å². The van der Waals surface area contributed by atoms with Crippen LogP contribution >= 0.6 is 22.6 Å². The number of aromatic nitrogens is 1. The first-order valence-electron chi connectivity index (χ1n) is 12.6. The highest BCUT2D eigenvalue weighted by Gasteiger charge is 2.37. The van der Waals surface area contributed by atoms with Crippen LogP contribution in [0.15, 0.2) is 107 Å². The fourth-order valence-corrected chi connectivity index (χ4v) is 6.56. The van der Waals surface area contributed by atoms with Crippen molar-refractivity contribution in [3.05, 3.63) is 140 Å². The van der Waals surface area contributed by atoms with Gasteiger partial charge in [-0.05, 0) is 64.4 Å². The molecule has 1 aromatic heterocycles. The van der Waals surface area contributed by atoms with E-state index in [-0.39, 0.29) is 11.8 Å². The highest BCUT2D eigenvalue weighted by molar-refractivity contribution is 14.1. The van der Waals surface area contributed by atoms with Gasteiger partial charge in [0.25, 0.3) is 5.91 Å². The van der Waals surface area contributed by atoms with Gasteiger partial charge >= 0.3 is 0 Å². The molecule has 1 amide bonds. The first-order valence-corrected chi connectivity index (χ1v) is 13.7. The van der Waals surface area contributed by atoms with Crippen molar-refractivity contribution in [1.29, 1.82) is 0 Å². The first-order chi connectivity index (χ1) is 18.5. The van der Waals surface area contributed by atoms with Gasteiger partial charge in [-0.2, -0.15) is 0 Å². The number of hydrogen-bond acceptors (Lipinski definition) is 2. The average Bonchev–Trinajstić information content (AvgIpc) is 3.30. The van der Waals surface area contributed by atoms with Gasteiger partial charge < -0.3 is 14.6 Å². The van der Waals surface area contributed by atoms with Gasteiger partial charge in [0.1, 0.15) is 11.4 Å². The number of aromatic amines is 1. The fraction of sp³-hybridized carbons (Fsp3) is 0.121. The maximum absolute atomic E-state index is 14.5. The van der Waals surface area contributed by atoms with Crippen molar-refractivity contribution in [3.8, 4) is 5.75 Å². The van der Waals surface area contributed by atoms with Crippen LogP contribution in [0, 0.1) is 6.92 Å². The Hall–Kier alpha value is -3.84. The van der Waals surface area contributed by atoms with Gasteiger partial charge in [-0.15, -0.1) is 0 Å². The predicted molar refractivity (Wildman–Crippen MR) is 162 cm³/mol. The Morgan fingerprint density at radius 2 is 1.55 bits per heavy atom. The minimum absolute atomic E-state index is 0.0327. The number of rotatable bonds is 5. The zero-order valence-corrected chi connectivity index (χ0v) is 23.4. The van der Waals surface area contributed by atoms with Crippen molar-refractivity contribution in [2.75, 3.05) is 7.11 Å². The summed E-state index contributed by atoms with van der Waals surface area (Å²) in [5.74, 6) is 0.665. The van der Waals surface area contributed by atoms with E-state index in [1.807, 2.05) is 65.6 Å². The van der Waals surface area contributed by atoms with E-state index < -0.39 is 0 Å². The molecule has 4 aromatic carbocycles. The Labute approximate surface area is 236 Å². The highest BCUT2D eigenvalue weighted by atomic mass is 127. The van der Waals surface area contributed by atoms with Gasteiger partial charge in [-0.25, -0.2) is 0 Å². The Morgan fingerprint density at radius 1 is 0.868 bits per heavy atom. The molecule has 1 unspecified atom stereocenters. The summed E-state index contributed by atoms with van der Waals surface area (Å²) in [7, 11) is 1.66. The van der Waals surface area contributed by atoms with Crippen LogP contribution < -0.4 is 4.74 Å². The van der Waals surface area contributed by atoms with Crippen LogP contribution in [0.5, 0.6) is 5.75 Å². The molecule has 0 radical (unpaired) electrons. The second kappa shape index (κ2) is 10.1. The lowest BCUT2D eigenvalue weighted by Crippen LogP contribution is -2.29. The number of ether oxygens (including phenoxy) is 1. The van der Waals surface area contributed by atoms with E-state index in [4.69, 9.17) is 4.74 Å². The lowest BCUT2D eigenvalue weighted by molar-refractivity contribution is 0.0823. The summed E-state index contributed by atoms with van der Waals surface area (Å²) in [5.41, 5.74) is 8.01. The van der Waals surface area contributed by atoms with Gasteiger partial charge in [0.05, 0.1) is 19.4 Å². The zero-order valence-electron chi connectivity index (χ0n) is 21.2. The average molecular weight is 610 g/mol. The summed E-state index contributed by atoms with van der Waals surface area (Å²) in [4.78, 5) is 20.0. The van der Waals surface area contributed by atoms with Gasteiger partial charge in [0.15, 0.2) is 0 Å². The second-order valence-corrected chi connectivity index (χ2v) is 10.8. The van der Waals surface area contributed by atoms with Crippen molar-refractivity contribution in [3.63, 3.8) is 0 Å². The van der Waals surface area contributed by atoms with E-state index in [0.29, 0.717) is 12.2 Å². The number of nitrogens with zero attached hydrogens (tertiary/aromatic N) is 1. The number of carbonyl (C=O) groups excluding carboxylic acids is 1. The molecule has 0 spiro atoms. The molecule has 0 bridgehead atoms. The summed E-state index contributed by atoms with van der Waals surface area (Å²) in [6.45, 7) is 2.54. The summed E-state index contributed by atoms with van der Waals surface area (Å²) in [6, 6.07) is 35.1. The lowest BCUT2D eigenvalue weighted by atomic mass is 9.88. The Balaban J connectivity index is 1.63. The Morgan fingerprint density at radius 3 is 2.26 bits per heavy atom. The van der Waals surface area contributed by atoms with Crippen LogP contribution in [-0.2, 0) is 6.54 Å². The third-order valence-electron chi connectivity index (χ3n) is 7.20. The number of methoxy groups -OCH3 is 1. The second-order valence-electron chi connectivity index (χ2n) is 9.60. The van der Waals surface area contributed by atoms with Crippen molar-refractivity contribution in [2.24, 2.45) is 0 Å². The molecule has 1 atom stereocenters. The number of halogens is 1. The number of allylic oxidation sites excluding steroid dienone is 1. The molecule has 38 heavy (non-hydrogen) atoms. The first kappa shape index (κ1) is 24.5. The summed E-state index contributed by atoms with van der Waals surface area (Å²) in [6.07, 6.45) is 0.